The molecule has 0 unspecified atom stereocenters. The highest BCUT2D eigenvalue weighted by molar-refractivity contribution is 5.60. The van der Waals surface area contributed by atoms with Crippen LogP contribution in [0.3, 0.4) is 0 Å². The van der Waals surface area contributed by atoms with Crippen LogP contribution in [0.1, 0.15) is 144 Å². The molecule has 0 aromatic carbocycles. The molecule has 3 heteroatoms. The Hall–Kier alpha value is -0.990. The fourth-order valence-corrected chi connectivity index (χ4v) is 9.51. The predicted molar refractivity (Wildman–Crippen MR) is 158 cm³/mol. The van der Waals surface area contributed by atoms with Gasteiger partial charge >= 0.3 is 6.16 Å². The number of carbonyl (C=O) groups excluding carboxylic acids is 1. The highest BCUT2D eigenvalue weighted by Gasteiger charge is 2.58. The van der Waals surface area contributed by atoms with E-state index in [1.165, 1.54) is 70.6 Å². The lowest BCUT2D eigenvalue weighted by atomic mass is 9.47. The zero-order chi connectivity index (χ0) is 27.3. The predicted octanol–water partition coefficient (Wildman–Crippen LogP) is 10.5. The SMILES string of the molecule is CCCC[C@@H](CC)COC(=O)O[C@@H]1CC[C@@]2(C)C(=CC[C@H]3[C@@H]4CC[C@H](CCCCC(C)C)[C@@]4(C)CC[C@@H]32)C1. The summed E-state index contributed by atoms with van der Waals surface area (Å²) in [5.41, 5.74) is 2.46. The number of allylic oxidation sites excluding steroid dienone is 1. The van der Waals surface area contributed by atoms with Crippen LogP contribution in [0.25, 0.3) is 0 Å². The van der Waals surface area contributed by atoms with E-state index in [-0.39, 0.29) is 6.10 Å². The average molecular weight is 529 g/mol. The fourth-order valence-electron chi connectivity index (χ4n) is 9.51. The van der Waals surface area contributed by atoms with Gasteiger partial charge in [-0.05, 0) is 104 Å². The van der Waals surface area contributed by atoms with Gasteiger partial charge in [-0.2, -0.15) is 0 Å². The van der Waals surface area contributed by atoms with E-state index in [9.17, 15) is 4.79 Å². The number of hydrogen-bond donors (Lipinski definition) is 0. The molecule has 3 nitrogen and oxygen atoms in total. The van der Waals surface area contributed by atoms with E-state index < -0.39 is 6.16 Å². The normalized spacial score (nSPS) is 37.1. The van der Waals surface area contributed by atoms with Gasteiger partial charge in [0.2, 0.25) is 0 Å². The molecule has 8 atom stereocenters. The maximum absolute atomic E-state index is 12.5. The van der Waals surface area contributed by atoms with E-state index in [0.717, 1.165) is 61.7 Å². The summed E-state index contributed by atoms with van der Waals surface area (Å²) in [5, 5.41) is 0. The first-order chi connectivity index (χ1) is 18.2. The first kappa shape index (κ1) is 30.0. The van der Waals surface area contributed by atoms with E-state index in [1.807, 2.05) is 0 Å². The average Bonchev–Trinajstić information content (AvgIpc) is 3.23. The van der Waals surface area contributed by atoms with Crippen molar-refractivity contribution in [1.82, 2.24) is 0 Å². The summed E-state index contributed by atoms with van der Waals surface area (Å²) in [4.78, 5) is 12.5. The summed E-state index contributed by atoms with van der Waals surface area (Å²) >= 11 is 0. The molecule has 0 spiro atoms. The molecular formula is C35H60O3. The third-order valence-corrected chi connectivity index (χ3v) is 12.1. The molecule has 0 N–H and O–H groups in total. The van der Waals surface area contributed by atoms with Crippen LogP contribution in [-0.4, -0.2) is 18.9 Å². The zero-order valence-electron chi connectivity index (χ0n) is 25.9. The Morgan fingerprint density at radius 2 is 1.82 bits per heavy atom. The van der Waals surface area contributed by atoms with Gasteiger partial charge in [-0.3, -0.25) is 0 Å². The third kappa shape index (κ3) is 6.49. The summed E-state index contributed by atoms with van der Waals surface area (Å²) < 4.78 is 11.5. The molecule has 0 bridgehead atoms. The van der Waals surface area contributed by atoms with Crippen LogP contribution in [0.2, 0.25) is 0 Å². The Morgan fingerprint density at radius 1 is 1.00 bits per heavy atom. The standard InChI is InChI=1S/C35H60O3/c1-7-9-13-26(8-2)24-37-33(36)38-29-19-21-35(6)28(23-29)15-17-30-31-18-16-27(14-11-10-12-25(3)4)34(31,5)22-20-32(30)35/h15,25-27,29-32H,7-14,16-24H2,1-6H3/t26-,27+,29-,30+,31+,32+,34-,35+/m1/s1. The molecule has 0 aliphatic heterocycles. The Labute approximate surface area is 235 Å². The second-order valence-electron chi connectivity index (χ2n) is 14.7. The van der Waals surface area contributed by atoms with Gasteiger partial charge < -0.3 is 9.47 Å². The summed E-state index contributed by atoms with van der Waals surface area (Å²) in [6.45, 7) is 14.9. The van der Waals surface area contributed by atoms with Crippen molar-refractivity contribution in [2.75, 3.05) is 6.61 Å². The van der Waals surface area contributed by atoms with Crippen LogP contribution in [0.15, 0.2) is 11.6 Å². The van der Waals surface area contributed by atoms with Crippen molar-refractivity contribution in [3.8, 4) is 0 Å². The van der Waals surface area contributed by atoms with Crippen molar-refractivity contribution in [2.24, 2.45) is 46.3 Å². The Morgan fingerprint density at radius 3 is 2.55 bits per heavy atom. The molecule has 4 rings (SSSR count). The molecule has 3 fully saturated rings. The highest BCUT2D eigenvalue weighted by Crippen LogP contribution is 2.66. The van der Waals surface area contributed by atoms with Crippen molar-refractivity contribution in [3.05, 3.63) is 11.6 Å². The van der Waals surface area contributed by atoms with E-state index in [1.54, 1.807) is 5.57 Å². The van der Waals surface area contributed by atoms with Crippen molar-refractivity contribution in [1.29, 1.82) is 0 Å². The Balaban J connectivity index is 1.31. The molecular weight excluding hydrogens is 468 g/mol. The van der Waals surface area contributed by atoms with Gasteiger partial charge in [-0.25, -0.2) is 4.79 Å². The Bertz CT molecular complexity index is 801. The minimum absolute atomic E-state index is 0.00958. The molecule has 0 aromatic heterocycles. The number of unbranched alkanes of at least 4 members (excludes halogenated alkanes) is 2. The van der Waals surface area contributed by atoms with Gasteiger partial charge in [0, 0.05) is 6.42 Å². The van der Waals surface area contributed by atoms with Crippen molar-refractivity contribution in [3.63, 3.8) is 0 Å². The van der Waals surface area contributed by atoms with E-state index in [0.29, 0.717) is 23.4 Å². The minimum atomic E-state index is -0.443. The molecule has 0 heterocycles. The zero-order valence-corrected chi connectivity index (χ0v) is 25.9. The topological polar surface area (TPSA) is 35.5 Å². The summed E-state index contributed by atoms with van der Waals surface area (Å²) in [6.07, 6.45) is 22.5. The second-order valence-corrected chi connectivity index (χ2v) is 14.7. The molecule has 218 valence electrons. The van der Waals surface area contributed by atoms with Crippen molar-refractivity contribution >= 4 is 6.16 Å². The van der Waals surface area contributed by atoms with Crippen LogP contribution in [-0.2, 0) is 9.47 Å². The minimum Gasteiger partial charge on any atom is -0.434 e. The van der Waals surface area contributed by atoms with E-state index >= 15 is 0 Å². The van der Waals surface area contributed by atoms with Crippen LogP contribution in [0, 0.1) is 46.3 Å². The Kier molecular flexibility index (Phi) is 10.3. The molecule has 4 aliphatic rings. The van der Waals surface area contributed by atoms with Crippen LogP contribution >= 0.6 is 0 Å². The number of hydrogen-bond acceptors (Lipinski definition) is 3. The second kappa shape index (κ2) is 13.1. The maximum Gasteiger partial charge on any atom is 0.508 e. The summed E-state index contributed by atoms with van der Waals surface area (Å²) in [7, 11) is 0. The van der Waals surface area contributed by atoms with Crippen molar-refractivity contribution in [2.45, 2.75) is 150 Å². The number of carbonyl (C=O) groups is 1. The van der Waals surface area contributed by atoms with Gasteiger partial charge in [0.1, 0.15) is 6.10 Å². The van der Waals surface area contributed by atoms with Crippen LogP contribution in [0.5, 0.6) is 0 Å². The van der Waals surface area contributed by atoms with Gasteiger partial charge in [0.15, 0.2) is 0 Å². The monoisotopic (exact) mass is 528 g/mol. The maximum atomic E-state index is 12.5. The van der Waals surface area contributed by atoms with Crippen LogP contribution in [0.4, 0.5) is 4.79 Å². The molecule has 0 radical (unpaired) electrons. The molecule has 3 saturated carbocycles. The lowest BCUT2D eigenvalue weighted by Gasteiger charge is -2.58. The molecule has 38 heavy (non-hydrogen) atoms. The fraction of sp³-hybridized carbons (Fsp3) is 0.914. The molecule has 0 amide bonds. The largest absolute Gasteiger partial charge is 0.508 e. The summed E-state index contributed by atoms with van der Waals surface area (Å²) in [5.74, 6) is 4.84. The third-order valence-electron chi connectivity index (χ3n) is 12.1. The lowest BCUT2D eigenvalue weighted by Crippen LogP contribution is -2.50. The smallest absolute Gasteiger partial charge is 0.434 e. The van der Waals surface area contributed by atoms with Crippen LogP contribution < -0.4 is 0 Å². The van der Waals surface area contributed by atoms with Gasteiger partial charge in [-0.1, -0.05) is 91.7 Å². The first-order valence-electron chi connectivity index (χ1n) is 16.7. The number of fused-ring (bicyclic) bond motifs is 5. The molecule has 4 aliphatic carbocycles. The van der Waals surface area contributed by atoms with Crippen molar-refractivity contribution < 1.29 is 14.3 Å². The number of rotatable bonds is 12. The number of ether oxygens (including phenoxy) is 2. The molecule has 0 saturated heterocycles. The van der Waals surface area contributed by atoms with Gasteiger partial charge in [0.25, 0.3) is 0 Å². The molecule has 0 aromatic rings. The highest BCUT2D eigenvalue weighted by atomic mass is 16.7. The lowest BCUT2D eigenvalue weighted by molar-refractivity contribution is -0.0570. The first-order valence-corrected chi connectivity index (χ1v) is 16.7. The van der Waals surface area contributed by atoms with Gasteiger partial charge in [0.05, 0.1) is 6.61 Å². The van der Waals surface area contributed by atoms with E-state index in [4.69, 9.17) is 9.47 Å². The quantitative estimate of drug-likeness (QED) is 0.143. The summed E-state index contributed by atoms with van der Waals surface area (Å²) in [6, 6.07) is 0. The van der Waals surface area contributed by atoms with E-state index in [2.05, 4.69) is 47.6 Å². The van der Waals surface area contributed by atoms with Gasteiger partial charge in [-0.15, -0.1) is 0 Å².